The largest absolute Gasteiger partial charge is 0.314 e. The molecule has 1 heterocycles. The molecule has 1 aliphatic rings. The van der Waals surface area contributed by atoms with E-state index in [0.29, 0.717) is 6.54 Å². The third-order valence-electron chi connectivity index (χ3n) is 1.87. The molecule has 0 amide bonds. The predicted octanol–water partition coefficient (Wildman–Crippen LogP) is 0.547. The molecule has 2 nitrogen and oxygen atoms in total. The number of alkyl halides is 2. The van der Waals surface area contributed by atoms with Gasteiger partial charge < -0.3 is 10.2 Å². The highest BCUT2D eigenvalue weighted by molar-refractivity contribution is 4.67. The minimum Gasteiger partial charge on any atom is -0.314 e. The summed E-state index contributed by atoms with van der Waals surface area (Å²) in [5, 5.41) is 3.17. The normalized spacial score (nSPS) is 21.0. The Kier molecular flexibility index (Phi) is 3.72. The molecule has 0 atom stereocenters. The van der Waals surface area contributed by atoms with E-state index in [4.69, 9.17) is 0 Å². The molecule has 1 N–H and O–H groups in total. The highest BCUT2D eigenvalue weighted by atomic mass is 19.3. The molecule has 0 aliphatic carbocycles. The van der Waals surface area contributed by atoms with E-state index in [1.54, 1.807) is 0 Å². The van der Waals surface area contributed by atoms with Crippen LogP contribution in [0.4, 0.5) is 8.78 Å². The van der Waals surface area contributed by atoms with Crippen LogP contribution in [0.2, 0.25) is 0 Å². The van der Waals surface area contributed by atoms with Gasteiger partial charge in [0, 0.05) is 39.1 Å². The number of rotatable bonds is 3. The van der Waals surface area contributed by atoms with Gasteiger partial charge in [0.05, 0.1) is 0 Å². The number of nitrogens with one attached hydrogen (secondary N) is 1. The second kappa shape index (κ2) is 4.62. The number of nitrogens with zero attached hydrogens (tertiary/aromatic N) is 1. The van der Waals surface area contributed by atoms with E-state index in [1.807, 2.05) is 0 Å². The van der Waals surface area contributed by atoms with Crippen LogP contribution < -0.4 is 5.32 Å². The maximum atomic E-state index is 11.7. The lowest BCUT2D eigenvalue weighted by molar-refractivity contribution is 0.112. The molecule has 1 fully saturated rings. The van der Waals surface area contributed by atoms with E-state index in [0.717, 1.165) is 26.2 Å². The Morgan fingerprint density at radius 1 is 1.27 bits per heavy atom. The second-order valence-electron chi connectivity index (χ2n) is 2.77. The first kappa shape index (κ1) is 8.87. The number of halogens is 2. The van der Waals surface area contributed by atoms with E-state index in [1.165, 1.54) is 0 Å². The van der Waals surface area contributed by atoms with Gasteiger partial charge in [-0.15, -0.1) is 0 Å². The second-order valence-corrected chi connectivity index (χ2v) is 2.77. The van der Waals surface area contributed by atoms with Crippen molar-refractivity contribution in [2.45, 2.75) is 12.8 Å². The van der Waals surface area contributed by atoms with Crippen molar-refractivity contribution in [2.75, 3.05) is 32.7 Å². The number of hydrogen-bond donors (Lipinski definition) is 1. The molecule has 0 aromatic carbocycles. The van der Waals surface area contributed by atoms with Crippen molar-refractivity contribution >= 4 is 0 Å². The lowest BCUT2D eigenvalue weighted by Gasteiger charge is -2.26. The van der Waals surface area contributed by atoms with Crippen LogP contribution in [0.25, 0.3) is 0 Å². The molecule has 0 saturated carbocycles. The molecule has 11 heavy (non-hydrogen) atoms. The zero-order valence-corrected chi connectivity index (χ0v) is 6.52. The van der Waals surface area contributed by atoms with Crippen LogP contribution in [0.3, 0.4) is 0 Å². The minimum atomic E-state index is -2.15. The molecule has 0 aromatic heterocycles. The van der Waals surface area contributed by atoms with E-state index in [2.05, 4.69) is 10.2 Å². The quantitative estimate of drug-likeness (QED) is 0.655. The first-order valence-corrected chi connectivity index (χ1v) is 4.00. The van der Waals surface area contributed by atoms with Crippen LogP contribution in [0, 0.1) is 0 Å². The highest BCUT2D eigenvalue weighted by Crippen LogP contribution is 2.01. The number of hydrogen-bond acceptors (Lipinski definition) is 2. The van der Waals surface area contributed by atoms with Crippen molar-refractivity contribution < 1.29 is 8.78 Å². The first-order chi connectivity index (χ1) is 5.29. The van der Waals surface area contributed by atoms with Gasteiger partial charge >= 0.3 is 0 Å². The van der Waals surface area contributed by atoms with Crippen LogP contribution in [0.5, 0.6) is 0 Å². The SMILES string of the molecule is FC(F)CCN1CCNCC1. The molecule has 0 spiro atoms. The summed E-state index contributed by atoms with van der Waals surface area (Å²) in [6.07, 6.45) is -2.13. The van der Waals surface area contributed by atoms with Crippen molar-refractivity contribution in [3.8, 4) is 0 Å². The minimum absolute atomic E-state index is 0.0139. The molecule has 1 rings (SSSR count). The Balaban J connectivity index is 2.05. The molecule has 0 bridgehead atoms. The third-order valence-corrected chi connectivity index (χ3v) is 1.87. The molecule has 0 aromatic rings. The zero-order chi connectivity index (χ0) is 8.10. The fourth-order valence-electron chi connectivity index (χ4n) is 1.21. The Morgan fingerprint density at radius 3 is 2.45 bits per heavy atom. The van der Waals surface area contributed by atoms with Crippen molar-refractivity contribution in [3.63, 3.8) is 0 Å². The standard InChI is InChI=1S/C7H14F2N2/c8-7(9)1-4-11-5-2-10-3-6-11/h7,10H,1-6H2. The van der Waals surface area contributed by atoms with Gasteiger partial charge in [-0.05, 0) is 0 Å². The topological polar surface area (TPSA) is 15.3 Å². The first-order valence-electron chi connectivity index (χ1n) is 4.00. The summed E-state index contributed by atoms with van der Waals surface area (Å²) >= 11 is 0. The maximum Gasteiger partial charge on any atom is 0.239 e. The van der Waals surface area contributed by atoms with Gasteiger partial charge in [0.15, 0.2) is 0 Å². The summed E-state index contributed by atoms with van der Waals surface area (Å²) in [6.45, 7) is 4.23. The van der Waals surface area contributed by atoms with Gasteiger partial charge in [0.1, 0.15) is 0 Å². The van der Waals surface area contributed by atoms with Crippen LogP contribution >= 0.6 is 0 Å². The van der Waals surface area contributed by atoms with Crippen LogP contribution in [-0.2, 0) is 0 Å². The lowest BCUT2D eigenvalue weighted by Crippen LogP contribution is -2.44. The molecular formula is C7H14F2N2. The number of piperazine rings is 1. The van der Waals surface area contributed by atoms with E-state index in [-0.39, 0.29) is 6.42 Å². The Hall–Kier alpha value is -0.220. The predicted molar refractivity (Wildman–Crippen MR) is 39.9 cm³/mol. The summed E-state index contributed by atoms with van der Waals surface area (Å²) < 4.78 is 23.5. The van der Waals surface area contributed by atoms with Gasteiger partial charge in [-0.3, -0.25) is 0 Å². The van der Waals surface area contributed by atoms with Gasteiger partial charge in [-0.25, -0.2) is 8.78 Å². The van der Waals surface area contributed by atoms with Gasteiger partial charge in [-0.1, -0.05) is 0 Å². The monoisotopic (exact) mass is 164 g/mol. The van der Waals surface area contributed by atoms with Crippen molar-refractivity contribution in [3.05, 3.63) is 0 Å². The fourth-order valence-corrected chi connectivity index (χ4v) is 1.21. The molecule has 0 radical (unpaired) electrons. The molecular weight excluding hydrogens is 150 g/mol. The van der Waals surface area contributed by atoms with Gasteiger partial charge in [-0.2, -0.15) is 0 Å². The fraction of sp³-hybridized carbons (Fsp3) is 1.00. The maximum absolute atomic E-state index is 11.7. The Labute approximate surface area is 65.6 Å². The molecule has 0 unspecified atom stereocenters. The van der Waals surface area contributed by atoms with Crippen LogP contribution in [-0.4, -0.2) is 44.0 Å². The van der Waals surface area contributed by atoms with E-state index >= 15 is 0 Å². The van der Waals surface area contributed by atoms with Crippen molar-refractivity contribution in [2.24, 2.45) is 0 Å². The smallest absolute Gasteiger partial charge is 0.239 e. The summed E-state index contributed by atoms with van der Waals surface area (Å²) in [5.74, 6) is 0. The Bertz CT molecular complexity index is 103. The van der Waals surface area contributed by atoms with Gasteiger partial charge in [0.25, 0.3) is 0 Å². The van der Waals surface area contributed by atoms with Crippen LogP contribution in [0.15, 0.2) is 0 Å². The van der Waals surface area contributed by atoms with E-state index in [9.17, 15) is 8.78 Å². The van der Waals surface area contributed by atoms with Crippen LogP contribution in [0.1, 0.15) is 6.42 Å². The Morgan fingerprint density at radius 2 is 1.91 bits per heavy atom. The zero-order valence-electron chi connectivity index (χ0n) is 6.52. The van der Waals surface area contributed by atoms with Crippen molar-refractivity contribution in [1.29, 1.82) is 0 Å². The molecule has 4 heteroatoms. The average molecular weight is 164 g/mol. The molecule has 66 valence electrons. The summed E-state index contributed by atoms with van der Waals surface area (Å²) in [6, 6.07) is 0. The lowest BCUT2D eigenvalue weighted by atomic mass is 10.3. The summed E-state index contributed by atoms with van der Waals surface area (Å²) in [5.41, 5.74) is 0. The third kappa shape index (κ3) is 3.62. The van der Waals surface area contributed by atoms with Crippen molar-refractivity contribution in [1.82, 2.24) is 10.2 Å². The summed E-state index contributed by atoms with van der Waals surface area (Å²) in [7, 11) is 0. The average Bonchev–Trinajstić information content (AvgIpc) is 2.03. The molecule has 1 aliphatic heterocycles. The van der Waals surface area contributed by atoms with E-state index < -0.39 is 6.43 Å². The highest BCUT2D eigenvalue weighted by Gasteiger charge is 2.11. The van der Waals surface area contributed by atoms with Gasteiger partial charge in [0.2, 0.25) is 6.43 Å². The molecule has 1 saturated heterocycles. The summed E-state index contributed by atoms with van der Waals surface area (Å²) in [4.78, 5) is 2.07.